The molecule has 0 radical (unpaired) electrons. The first kappa shape index (κ1) is 20.3. The van der Waals surface area contributed by atoms with E-state index in [1.54, 1.807) is 50.4 Å². The molecule has 1 amide bonds. The first-order chi connectivity index (χ1) is 12.9. The highest BCUT2D eigenvalue weighted by Crippen LogP contribution is 2.24. The summed E-state index contributed by atoms with van der Waals surface area (Å²) in [5.74, 6) is 0.384. The van der Waals surface area contributed by atoms with E-state index < -0.39 is 12.1 Å². The Balaban J connectivity index is 1.98. The SMILES string of the molecule is CC[C@@H](C)OC(=O)[C@H](C)Oc1ccc(C(=O)Nc2ccccc2OC)cc1. The van der Waals surface area contributed by atoms with Gasteiger partial charge in [0.2, 0.25) is 0 Å². The molecule has 2 rings (SSSR count). The highest BCUT2D eigenvalue weighted by atomic mass is 16.6. The van der Waals surface area contributed by atoms with Crippen LogP contribution in [0.25, 0.3) is 0 Å². The van der Waals surface area contributed by atoms with Crippen molar-refractivity contribution >= 4 is 17.6 Å². The van der Waals surface area contributed by atoms with Crippen molar-refractivity contribution in [2.75, 3.05) is 12.4 Å². The second kappa shape index (κ2) is 9.62. The van der Waals surface area contributed by atoms with Crippen molar-refractivity contribution in [3.05, 3.63) is 54.1 Å². The number of ether oxygens (including phenoxy) is 3. The van der Waals surface area contributed by atoms with Gasteiger partial charge in [0.15, 0.2) is 6.10 Å². The lowest BCUT2D eigenvalue weighted by molar-refractivity contribution is -0.155. The molecule has 0 fully saturated rings. The van der Waals surface area contributed by atoms with Gasteiger partial charge in [-0.15, -0.1) is 0 Å². The molecule has 0 aromatic heterocycles. The minimum absolute atomic E-state index is 0.149. The molecule has 0 aliphatic heterocycles. The molecule has 1 N–H and O–H groups in total. The van der Waals surface area contributed by atoms with Gasteiger partial charge in [-0.2, -0.15) is 0 Å². The van der Waals surface area contributed by atoms with Crippen LogP contribution in [-0.2, 0) is 9.53 Å². The highest BCUT2D eigenvalue weighted by Gasteiger charge is 2.18. The molecule has 0 saturated carbocycles. The van der Waals surface area contributed by atoms with Crippen molar-refractivity contribution in [2.45, 2.75) is 39.4 Å². The smallest absolute Gasteiger partial charge is 0.347 e. The molecular formula is C21H25NO5. The van der Waals surface area contributed by atoms with Gasteiger partial charge in [-0.1, -0.05) is 19.1 Å². The number of para-hydroxylation sites is 2. The predicted molar refractivity (Wildman–Crippen MR) is 103 cm³/mol. The molecule has 2 aromatic rings. The number of carbonyl (C=O) groups is 2. The predicted octanol–water partition coefficient (Wildman–Crippen LogP) is 4.06. The van der Waals surface area contributed by atoms with Crippen molar-refractivity contribution < 1.29 is 23.8 Å². The van der Waals surface area contributed by atoms with Gasteiger partial charge in [-0.05, 0) is 56.7 Å². The number of benzene rings is 2. The number of carbonyl (C=O) groups excluding carboxylic acids is 2. The highest BCUT2D eigenvalue weighted by molar-refractivity contribution is 6.05. The number of anilines is 1. The first-order valence-corrected chi connectivity index (χ1v) is 8.86. The molecule has 6 nitrogen and oxygen atoms in total. The summed E-state index contributed by atoms with van der Waals surface area (Å²) in [6, 6.07) is 13.7. The van der Waals surface area contributed by atoms with Gasteiger partial charge in [0, 0.05) is 5.56 Å². The molecule has 0 bridgehead atoms. The quantitative estimate of drug-likeness (QED) is 0.709. The summed E-state index contributed by atoms with van der Waals surface area (Å²) in [7, 11) is 1.55. The molecular weight excluding hydrogens is 346 g/mol. The molecule has 0 unspecified atom stereocenters. The Labute approximate surface area is 159 Å². The molecule has 0 aliphatic rings. The molecule has 2 aromatic carbocycles. The van der Waals surface area contributed by atoms with E-state index in [-0.39, 0.29) is 12.0 Å². The Morgan fingerprint density at radius 2 is 1.70 bits per heavy atom. The molecule has 2 atom stereocenters. The maximum atomic E-state index is 12.4. The molecule has 6 heteroatoms. The standard InChI is InChI=1S/C21H25NO5/c1-5-14(2)26-21(24)15(3)27-17-12-10-16(11-13-17)20(23)22-18-8-6-7-9-19(18)25-4/h6-15H,5H2,1-4H3,(H,22,23)/t14-,15+/m1/s1. The molecule has 0 saturated heterocycles. The Hall–Kier alpha value is -3.02. The van der Waals surface area contributed by atoms with Crippen molar-refractivity contribution in [2.24, 2.45) is 0 Å². The van der Waals surface area contributed by atoms with Crippen LogP contribution in [0.2, 0.25) is 0 Å². The minimum Gasteiger partial charge on any atom is -0.495 e. The van der Waals surface area contributed by atoms with Crippen LogP contribution >= 0.6 is 0 Å². The normalized spacial score (nSPS) is 12.6. The van der Waals surface area contributed by atoms with E-state index in [9.17, 15) is 9.59 Å². The topological polar surface area (TPSA) is 73.9 Å². The summed E-state index contributed by atoms with van der Waals surface area (Å²) in [4.78, 5) is 24.3. The Morgan fingerprint density at radius 3 is 2.33 bits per heavy atom. The van der Waals surface area contributed by atoms with Gasteiger partial charge >= 0.3 is 5.97 Å². The van der Waals surface area contributed by atoms with Crippen LogP contribution in [0.15, 0.2) is 48.5 Å². The second-order valence-corrected chi connectivity index (χ2v) is 6.09. The van der Waals surface area contributed by atoms with Crippen molar-refractivity contribution in [1.29, 1.82) is 0 Å². The lowest BCUT2D eigenvalue weighted by Gasteiger charge is -2.17. The van der Waals surface area contributed by atoms with E-state index in [2.05, 4.69) is 5.32 Å². The number of methoxy groups -OCH3 is 1. The van der Waals surface area contributed by atoms with Gasteiger partial charge in [0.25, 0.3) is 5.91 Å². The molecule has 0 aliphatic carbocycles. The number of esters is 1. The fourth-order valence-electron chi connectivity index (χ4n) is 2.26. The second-order valence-electron chi connectivity index (χ2n) is 6.09. The van der Waals surface area contributed by atoms with Gasteiger partial charge < -0.3 is 19.5 Å². The fourth-order valence-corrected chi connectivity index (χ4v) is 2.26. The minimum atomic E-state index is -0.729. The van der Waals surface area contributed by atoms with E-state index in [0.717, 1.165) is 6.42 Å². The van der Waals surface area contributed by atoms with E-state index in [0.29, 0.717) is 22.7 Å². The summed E-state index contributed by atoms with van der Waals surface area (Å²) < 4.78 is 16.1. The summed E-state index contributed by atoms with van der Waals surface area (Å²) in [5, 5.41) is 2.81. The van der Waals surface area contributed by atoms with E-state index >= 15 is 0 Å². The zero-order valence-electron chi connectivity index (χ0n) is 16.0. The van der Waals surface area contributed by atoms with E-state index in [1.165, 1.54) is 0 Å². The van der Waals surface area contributed by atoms with Gasteiger partial charge in [-0.25, -0.2) is 4.79 Å². The monoisotopic (exact) mass is 371 g/mol. The summed E-state index contributed by atoms with van der Waals surface area (Å²) in [6.07, 6.45) is -0.133. The van der Waals surface area contributed by atoms with E-state index in [1.807, 2.05) is 26.0 Å². The van der Waals surface area contributed by atoms with Crippen LogP contribution in [0.1, 0.15) is 37.6 Å². The van der Waals surface area contributed by atoms with Crippen LogP contribution in [0.3, 0.4) is 0 Å². The van der Waals surface area contributed by atoms with Crippen LogP contribution in [0, 0.1) is 0 Å². The zero-order valence-corrected chi connectivity index (χ0v) is 16.0. The van der Waals surface area contributed by atoms with Crippen molar-refractivity contribution in [1.82, 2.24) is 0 Å². The molecule has 0 spiro atoms. The largest absolute Gasteiger partial charge is 0.495 e. The lowest BCUT2D eigenvalue weighted by atomic mass is 10.2. The number of nitrogens with one attached hydrogen (secondary N) is 1. The Morgan fingerprint density at radius 1 is 1.04 bits per heavy atom. The zero-order chi connectivity index (χ0) is 19.8. The average molecular weight is 371 g/mol. The van der Waals surface area contributed by atoms with E-state index in [4.69, 9.17) is 14.2 Å². The molecule has 0 heterocycles. The molecule has 144 valence electrons. The summed E-state index contributed by atoms with van der Waals surface area (Å²) >= 11 is 0. The van der Waals surface area contributed by atoms with Crippen LogP contribution in [0.5, 0.6) is 11.5 Å². The number of hydrogen-bond donors (Lipinski definition) is 1. The van der Waals surface area contributed by atoms with Crippen molar-refractivity contribution in [3.63, 3.8) is 0 Å². The summed E-state index contributed by atoms with van der Waals surface area (Å²) in [6.45, 7) is 5.41. The third-order valence-electron chi connectivity index (χ3n) is 4.01. The maximum absolute atomic E-state index is 12.4. The summed E-state index contributed by atoms with van der Waals surface area (Å²) in [5.41, 5.74) is 1.05. The van der Waals surface area contributed by atoms with Crippen molar-refractivity contribution in [3.8, 4) is 11.5 Å². The lowest BCUT2D eigenvalue weighted by Crippen LogP contribution is -2.29. The number of rotatable bonds is 8. The first-order valence-electron chi connectivity index (χ1n) is 8.86. The Bertz CT molecular complexity index is 772. The van der Waals surface area contributed by atoms with Crippen LogP contribution in [-0.4, -0.2) is 31.2 Å². The van der Waals surface area contributed by atoms with Gasteiger partial charge in [-0.3, -0.25) is 4.79 Å². The number of amides is 1. The average Bonchev–Trinajstić information content (AvgIpc) is 2.68. The molecule has 27 heavy (non-hydrogen) atoms. The number of hydrogen-bond acceptors (Lipinski definition) is 5. The van der Waals surface area contributed by atoms with Gasteiger partial charge in [0.1, 0.15) is 11.5 Å². The van der Waals surface area contributed by atoms with Gasteiger partial charge in [0.05, 0.1) is 18.9 Å². The maximum Gasteiger partial charge on any atom is 0.347 e. The third kappa shape index (κ3) is 5.74. The third-order valence-corrected chi connectivity index (χ3v) is 4.01. The fraction of sp³-hybridized carbons (Fsp3) is 0.333. The van der Waals surface area contributed by atoms with Crippen LogP contribution < -0.4 is 14.8 Å². The van der Waals surface area contributed by atoms with Crippen LogP contribution in [0.4, 0.5) is 5.69 Å². The Kier molecular flexibility index (Phi) is 7.23.